The number of methoxy groups -OCH3 is 1. The van der Waals surface area contributed by atoms with E-state index in [2.05, 4.69) is 6.07 Å². The van der Waals surface area contributed by atoms with Crippen molar-refractivity contribution in [1.29, 1.82) is 5.26 Å². The van der Waals surface area contributed by atoms with Crippen molar-refractivity contribution in [2.75, 3.05) is 13.7 Å². The molecule has 27 heavy (non-hydrogen) atoms. The minimum absolute atomic E-state index is 0.287. The molecule has 0 aliphatic rings. The number of fused-ring (bicyclic) bond motifs is 1. The van der Waals surface area contributed by atoms with Crippen LogP contribution in [0.2, 0.25) is 0 Å². The van der Waals surface area contributed by atoms with Gasteiger partial charge in [-0.15, -0.1) is 0 Å². The number of carboxylic acid groups (broad SMARTS) is 1. The van der Waals surface area contributed by atoms with Gasteiger partial charge in [0, 0.05) is 11.1 Å². The van der Waals surface area contributed by atoms with Gasteiger partial charge in [-0.1, -0.05) is 54.6 Å². The number of nitriles is 1. The second kappa shape index (κ2) is 8.07. The van der Waals surface area contributed by atoms with Crippen LogP contribution in [-0.4, -0.2) is 24.8 Å². The molecule has 5 heteroatoms. The van der Waals surface area contributed by atoms with Gasteiger partial charge in [0.25, 0.3) is 0 Å². The summed E-state index contributed by atoms with van der Waals surface area (Å²) in [7, 11) is 1.48. The Morgan fingerprint density at radius 3 is 2.59 bits per heavy atom. The van der Waals surface area contributed by atoms with E-state index in [4.69, 9.17) is 14.6 Å². The number of rotatable bonds is 6. The minimum atomic E-state index is -1.09. The summed E-state index contributed by atoms with van der Waals surface area (Å²) in [6, 6.07) is 21.0. The Hall–Kier alpha value is -3.78. The topological polar surface area (TPSA) is 79.5 Å². The molecular weight excluding hydrogens is 342 g/mol. The van der Waals surface area contributed by atoms with Crippen molar-refractivity contribution in [3.8, 4) is 17.6 Å². The molecule has 0 saturated carbocycles. The summed E-state index contributed by atoms with van der Waals surface area (Å²) in [6.07, 6.45) is 1.68. The third-order valence-electron chi connectivity index (χ3n) is 4.07. The van der Waals surface area contributed by atoms with Crippen LogP contribution in [0.15, 0.2) is 60.7 Å². The Kier molecular flexibility index (Phi) is 5.38. The van der Waals surface area contributed by atoms with Gasteiger partial charge in [0.15, 0.2) is 18.1 Å². The van der Waals surface area contributed by atoms with Crippen LogP contribution in [0.25, 0.3) is 22.4 Å². The Morgan fingerprint density at radius 2 is 1.85 bits per heavy atom. The van der Waals surface area contributed by atoms with E-state index in [1.165, 1.54) is 7.11 Å². The average Bonchev–Trinajstić information content (AvgIpc) is 2.70. The number of para-hydroxylation sites is 1. The van der Waals surface area contributed by atoms with Crippen molar-refractivity contribution in [1.82, 2.24) is 0 Å². The molecule has 0 amide bonds. The second-order valence-corrected chi connectivity index (χ2v) is 5.76. The first-order valence-corrected chi connectivity index (χ1v) is 8.25. The van der Waals surface area contributed by atoms with Crippen LogP contribution in [0, 0.1) is 11.3 Å². The average molecular weight is 359 g/mol. The minimum Gasteiger partial charge on any atom is -0.493 e. The molecule has 0 spiro atoms. The summed E-state index contributed by atoms with van der Waals surface area (Å²) in [5.74, 6) is -0.402. The SMILES string of the molecule is COc1cccc(/C=C(/C#N)c2cccc3ccccc23)c1OCC(=O)O. The van der Waals surface area contributed by atoms with Gasteiger partial charge in [-0.25, -0.2) is 4.79 Å². The molecule has 1 N–H and O–H groups in total. The Morgan fingerprint density at radius 1 is 1.11 bits per heavy atom. The van der Waals surface area contributed by atoms with Crippen LogP contribution in [0.3, 0.4) is 0 Å². The number of hydrogen-bond acceptors (Lipinski definition) is 4. The lowest BCUT2D eigenvalue weighted by Crippen LogP contribution is -2.10. The lowest BCUT2D eigenvalue weighted by atomic mass is 9.97. The van der Waals surface area contributed by atoms with Crippen molar-refractivity contribution >= 4 is 28.4 Å². The first-order chi connectivity index (χ1) is 13.1. The van der Waals surface area contributed by atoms with E-state index in [0.717, 1.165) is 16.3 Å². The summed E-state index contributed by atoms with van der Waals surface area (Å²) < 4.78 is 10.7. The van der Waals surface area contributed by atoms with Crippen LogP contribution in [0.5, 0.6) is 11.5 Å². The van der Waals surface area contributed by atoms with Gasteiger partial charge in [-0.3, -0.25) is 0 Å². The Bertz CT molecular complexity index is 1060. The van der Waals surface area contributed by atoms with Gasteiger partial charge in [0.1, 0.15) is 0 Å². The largest absolute Gasteiger partial charge is 0.493 e. The first kappa shape index (κ1) is 18.0. The Balaban J connectivity index is 2.13. The summed E-state index contributed by atoms with van der Waals surface area (Å²) in [5.41, 5.74) is 1.81. The van der Waals surface area contributed by atoms with E-state index in [1.807, 2.05) is 42.5 Å². The second-order valence-electron chi connectivity index (χ2n) is 5.76. The number of hydrogen-bond donors (Lipinski definition) is 1. The maximum absolute atomic E-state index is 10.9. The molecule has 0 aliphatic heterocycles. The fourth-order valence-corrected chi connectivity index (χ4v) is 2.88. The van der Waals surface area contributed by atoms with Crippen LogP contribution < -0.4 is 9.47 Å². The summed E-state index contributed by atoms with van der Waals surface area (Å²) in [5, 5.41) is 20.7. The zero-order valence-electron chi connectivity index (χ0n) is 14.7. The van der Waals surface area contributed by atoms with Crippen molar-refractivity contribution in [3.05, 3.63) is 71.8 Å². The van der Waals surface area contributed by atoms with Crippen molar-refractivity contribution < 1.29 is 19.4 Å². The quantitative estimate of drug-likeness (QED) is 0.522. The van der Waals surface area contributed by atoms with Crippen LogP contribution >= 0.6 is 0 Å². The molecule has 0 atom stereocenters. The molecule has 0 unspecified atom stereocenters. The molecule has 5 nitrogen and oxygen atoms in total. The van der Waals surface area contributed by atoms with Crippen molar-refractivity contribution in [2.45, 2.75) is 0 Å². The third-order valence-corrected chi connectivity index (χ3v) is 4.07. The predicted octanol–water partition coefficient (Wildman–Crippen LogP) is 4.38. The molecule has 0 aliphatic carbocycles. The molecule has 0 aromatic heterocycles. The highest BCUT2D eigenvalue weighted by atomic mass is 16.5. The standard InChI is InChI=1S/C22H17NO4/c1-26-20-11-5-8-16(22(20)27-14-21(24)25)12-17(13-23)19-10-4-7-15-6-2-3-9-18(15)19/h2-12H,14H2,1H3,(H,24,25)/b17-12-. The number of aliphatic carboxylic acids is 1. The fourth-order valence-electron chi connectivity index (χ4n) is 2.88. The highest BCUT2D eigenvalue weighted by Crippen LogP contribution is 2.34. The smallest absolute Gasteiger partial charge is 0.341 e. The van der Waals surface area contributed by atoms with Crippen LogP contribution in [0.1, 0.15) is 11.1 Å². The molecule has 0 heterocycles. The van der Waals surface area contributed by atoms with Gasteiger partial charge in [-0.2, -0.15) is 5.26 Å². The maximum atomic E-state index is 10.9. The lowest BCUT2D eigenvalue weighted by molar-refractivity contribution is -0.139. The molecule has 0 saturated heterocycles. The van der Waals surface area contributed by atoms with Crippen molar-refractivity contribution in [2.24, 2.45) is 0 Å². The number of benzene rings is 3. The molecule has 0 radical (unpaired) electrons. The number of allylic oxidation sites excluding steroid dienone is 1. The highest BCUT2D eigenvalue weighted by Gasteiger charge is 2.13. The zero-order chi connectivity index (χ0) is 19.2. The number of carbonyl (C=O) groups is 1. The first-order valence-electron chi connectivity index (χ1n) is 8.25. The Labute approximate surface area is 156 Å². The molecular formula is C22H17NO4. The number of nitrogens with zero attached hydrogens (tertiary/aromatic N) is 1. The van der Waals surface area contributed by atoms with Gasteiger partial charge in [0.05, 0.1) is 18.8 Å². The number of ether oxygens (including phenoxy) is 2. The summed E-state index contributed by atoms with van der Waals surface area (Å²) in [6.45, 7) is -0.503. The predicted molar refractivity (Wildman–Crippen MR) is 104 cm³/mol. The van der Waals surface area contributed by atoms with E-state index >= 15 is 0 Å². The van der Waals surface area contributed by atoms with E-state index in [-0.39, 0.29) is 5.75 Å². The van der Waals surface area contributed by atoms with Gasteiger partial charge >= 0.3 is 5.97 Å². The maximum Gasteiger partial charge on any atom is 0.341 e. The summed E-state index contributed by atoms with van der Waals surface area (Å²) in [4.78, 5) is 10.9. The van der Waals surface area contributed by atoms with Crippen molar-refractivity contribution in [3.63, 3.8) is 0 Å². The molecule has 0 fully saturated rings. The van der Waals surface area contributed by atoms with Crippen LogP contribution in [-0.2, 0) is 4.79 Å². The summed E-state index contributed by atoms with van der Waals surface area (Å²) >= 11 is 0. The van der Waals surface area contributed by atoms with Gasteiger partial charge in [0.2, 0.25) is 0 Å². The third kappa shape index (κ3) is 3.91. The molecule has 3 aromatic carbocycles. The fraction of sp³-hybridized carbons (Fsp3) is 0.0909. The van der Waals surface area contributed by atoms with E-state index in [1.54, 1.807) is 24.3 Å². The highest BCUT2D eigenvalue weighted by molar-refractivity contribution is 6.02. The van der Waals surface area contributed by atoms with Gasteiger partial charge < -0.3 is 14.6 Å². The number of carboxylic acids is 1. The monoisotopic (exact) mass is 359 g/mol. The van der Waals surface area contributed by atoms with E-state index in [9.17, 15) is 10.1 Å². The molecule has 0 bridgehead atoms. The van der Waals surface area contributed by atoms with Gasteiger partial charge in [-0.05, 0) is 22.9 Å². The molecule has 134 valence electrons. The van der Waals surface area contributed by atoms with Crippen LogP contribution in [0.4, 0.5) is 0 Å². The lowest BCUT2D eigenvalue weighted by Gasteiger charge is -2.12. The molecule has 3 rings (SSSR count). The van der Waals surface area contributed by atoms with E-state index in [0.29, 0.717) is 16.9 Å². The normalized spacial score (nSPS) is 11.0. The molecule has 3 aromatic rings. The van der Waals surface area contributed by atoms with E-state index < -0.39 is 12.6 Å². The zero-order valence-corrected chi connectivity index (χ0v) is 14.7.